The fourth-order valence-electron chi connectivity index (χ4n) is 10.5. The van der Waals surface area contributed by atoms with Crippen LogP contribution in [0.15, 0.2) is 70.7 Å². The molecule has 0 heterocycles. The fourth-order valence-corrected chi connectivity index (χ4v) is 10.5. The Morgan fingerprint density at radius 1 is 0.329 bits per heavy atom. The van der Waals surface area contributed by atoms with Crippen molar-refractivity contribution >= 4 is 35.5 Å². The van der Waals surface area contributed by atoms with Gasteiger partial charge in [-0.3, -0.25) is 9.98 Å². The van der Waals surface area contributed by atoms with Gasteiger partial charge in [-0.1, -0.05) is 352 Å². The summed E-state index contributed by atoms with van der Waals surface area (Å²) < 4.78 is 0. The number of aliphatic imine (C=N–C) groups is 2. The molecule has 0 atom stereocenters. The van der Waals surface area contributed by atoms with Crippen LogP contribution in [-0.4, -0.2) is 11.9 Å². The second kappa shape index (κ2) is 56.0. The van der Waals surface area contributed by atoms with E-state index in [1.54, 1.807) is 0 Å². The van der Waals surface area contributed by atoms with E-state index in [0.717, 1.165) is 36.3 Å². The first-order chi connectivity index (χ1) is 35.7. The summed E-state index contributed by atoms with van der Waals surface area (Å²) in [6.07, 6.45) is 80.6. The Morgan fingerprint density at radius 3 is 0.877 bits per heavy atom. The summed E-state index contributed by atoms with van der Waals surface area (Å²) in [6, 6.07) is 17.2. The first-order valence-electron chi connectivity index (χ1n) is 32.4. The number of nitrogens with zero attached hydrogens (tertiary/aromatic N) is 2. The van der Waals surface area contributed by atoms with Crippen LogP contribution in [0.3, 0.4) is 0 Å². The van der Waals surface area contributed by atoms with E-state index in [1.807, 2.05) is 6.21 Å². The van der Waals surface area contributed by atoms with E-state index in [1.165, 1.54) is 306 Å². The second-order valence-electron chi connectivity index (χ2n) is 22.3. The number of hydrogen-bond acceptors (Lipinski definition) is 2. The molecule has 420 valence electrons. The molecule has 2 rings (SSSR count). The summed E-state index contributed by atoms with van der Waals surface area (Å²) in [7, 11) is 0. The molecule has 2 aromatic rings. The molecule has 0 aromatic heterocycles. The molecule has 0 aliphatic carbocycles. The van der Waals surface area contributed by atoms with Gasteiger partial charge in [-0.15, -0.1) is 0 Å². The molecule has 2 nitrogen and oxygen atoms in total. The van der Waals surface area contributed by atoms with Crippen LogP contribution in [0.25, 0.3) is 12.2 Å². The van der Waals surface area contributed by atoms with Gasteiger partial charge in [0.25, 0.3) is 0 Å². The van der Waals surface area contributed by atoms with Crippen LogP contribution in [0.4, 0.5) is 11.4 Å². The zero-order valence-electron chi connectivity index (χ0n) is 48.9. The van der Waals surface area contributed by atoms with Crippen molar-refractivity contribution in [2.75, 3.05) is 0 Å². The monoisotopic (exact) mass is 1050 g/mol. The van der Waals surface area contributed by atoms with Crippen molar-refractivity contribution < 1.29 is 16.5 Å². The van der Waals surface area contributed by atoms with Crippen LogP contribution in [0.2, 0.25) is 0 Å². The van der Waals surface area contributed by atoms with Gasteiger partial charge in [0.1, 0.15) is 0 Å². The van der Waals surface area contributed by atoms with Crippen molar-refractivity contribution in [3.05, 3.63) is 71.8 Å². The van der Waals surface area contributed by atoms with Gasteiger partial charge < -0.3 is 0 Å². The summed E-state index contributed by atoms with van der Waals surface area (Å²) in [4.78, 5) is 9.82. The average molecular weight is 1050 g/mol. The quantitative estimate of drug-likeness (QED) is 0.0358. The third-order valence-corrected chi connectivity index (χ3v) is 15.3. The average Bonchev–Trinajstić information content (AvgIpc) is 3.40. The number of unbranched alkanes of at least 4 members (excludes halogenated alkanes) is 46. The zero-order valence-corrected chi connectivity index (χ0v) is 49.9. The molecule has 0 aliphatic heterocycles. The predicted molar refractivity (Wildman–Crippen MR) is 329 cm³/mol. The van der Waals surface area contributed by atoms with Crippen molar-refractivity contribution in [3.8, 4) is 0 Å². The fraction of sp³-hybridized carbons (Fsp3) is 0.743. The molecular weight excluding hydrogens is 927 g/mol. The summed E-state index contributed by atoms with van der Waals surface area (Å²) in [5.74, 6) is 0. The van der Waals surface area contributed by atoms with E-state index >= 15 is 0 Å². The van der Waals surface area contributed by atoms with E-state index in [0.29, 0.717) is 0 Å². The van der Waals surface area contributed by atoms with E-state index in [-0.39, 0.29) is 16.5 Å². The normalized spacial score (nSPS) is 12.1. The Balaban J connectivity index is 0.0000266. The largest absolute Gasteiger partial charge is 0.255 e. The molecule has 0 saturated carbocycles. The topological polar surface area (TPSA) is 24.7 Å². The molecule has 0 radical (unpaired) electrons. The Labute approximate surface area is 466 Å². The molecule has 73 heavy (non-hydrogen) atoms. The molecule has 3 heteroatoms. The minimum absolute atomic E-state index is 0. The molecule has 0 unspecified atom stereocenters. The van der Waals surface area contributed by atoms with Gasteiger partial charge in [0.05, 0.1) is 17.1 Å². The van der Waals surface area contributed by atoms with Gasteiger partial charge in [0, 0.05) is 22.7 Å². The van der Waals surface area contributed by atoms with Crippen LogP contribution in [0, 0.1) is 0 Å². The van der Waals surface area contributed by atoms with Gasteiger partial charge in [-0.05, 0) is 67.5 Å². The molecule has 0 amide bonds. The van der Waals surface area contributed by atoms with Crippen LogP contribution in [0.1, 0.15) is 347 Å². The van der Waals surface area contributed by atoms with Crippen molar-refractivity contribution in [2.24, 2.45) is 9.98 Å². The minimum atomic E-state index is 0. The summed E-state index contributed by atoms with van der Waals surface area (Å²) in [5.41, 5.74) is 5.45. The Bertz CT molecular complexity index is 1550. The SMILES string of the molecule is CCCCCCCCCCCCCCCCCCCCCCCCCC=Cc1cccc(N=CC(CC)=Nc2cccc(C=CCCCCCCCCCCCCCCCCCCCCCCCCC)c2)c1.[Ni]. The molecule has 2 aromatic carbocycles. The summed E-state index contributed by atoms with van der Waals surface area (Å²) >= 11 is 0. The summed E-state index contributed by atoms with van der Waals surface area (Å²) in [5, 5.41) is 0. The van der Waals surface area contributed by atoms with E-state index in [4.69, 9.17) is 9.98 Å². The van der Waals surface area contributed by atoms with Gasteiger partial charge in [0.15, 0.2) is 0 Å². The maximum absolute atomic E-state index is 4.98. The maximum atomic E-state index is 4.98. The number of hydrogen-bond donors (Lipinski definition) is 0. The smallest absolute Gasteiger partial charge is 0.0639 e. The van der Waals surface area contributed by atoms with Crippen molar-refractivity contribution in [3.63, 3.8) is 0 Å². The molecule has 0 saturated heterocycles. The Kier molecular flexibility index (Phi) is 52.7. The van der Waals surface area contributed by atoms with Gasteiger partial charge in [0.2, 0.25) is 0 Å². The first-order valence-corrected chi connectivity index (χ1v) is 32.4. The van der Waals surface area contributed by atoms with Crippen molar-refractivity contribution in [1.82, 2.24) is 0 Å². The first kappa shape index (κ1) is 68.8. The summed E-state index contributed by atoms with van der Waals surface area (Å²) in [6.45, 7) is 6.78. The molecule has 0 aliphatic rings. The van der Waals surface area contributed by atoms with E-state index < -0.39 is 0 Å². The standard InChI is InChI=1S/C70H120N2.Ni/c1-4-7-9-11-13-15-17-19-21-23-25-27-29-31-33-35-37-39-41-43-45-47-49-51-53-57-66-59-55-61-69(63-66)71-65-68(6-3)72-70-62-56-60-67(64-70)58-54-52-50-48-46-44-42-40-38-36-34-32-30-28-26-24-22-20-18-16-14-12-10-8-5-2;/h53-65H,4-52H2,1-3H3;. The molecule has 0 N–H and O–H groups in total. The van der Waals surface area contributed by atoms with E-state index in [2.05, 4.69) is 93.6 Å². The van der Waals surface area contributed by atoms with Crippen molar-refractivity contribution in [2.45, 2.75) is 335 Å². The molecule has 0 spiro atoms. The van der Waals surface area contributed by atoms with Gasteiger partial charge >= 0.3 is 0 Å². The third kappa shape index (κ3) is 46.8. The molecule has 0 bridgehead atoms. The zero-order chi connectivity index (χ0) is 51.1. The Morgan fingerprint density at radius 2 is 0.589 bits per heavy atom. The maximum Gasteiger partial charge on any atom is 0.0639 e. The minimum Gasteiger partial charge on any atom is -0.255 e. The number of allylic oxidation sites excluding steroid dienone is 2. The van der Waals surface area contributed by atoms with Crippen LogP contribution >= 0.6 is 0 Å². The third-order valence-electron chi connectivity index (χ3n) is 15.3. The van der Waals surface area contributed by atoms with Crippen LogP contribution in [-0.2, 0) is 16.5 Å². The predicted octanol–water partition coefficient (Wildman–Crippen LogP) is 25.4. The van der Waals surface area contributed by atoms with E-state index in [9.17, 15) is 0 Å². The number of rotatable bonds is 54. The van der Waals surface area contributed by atoms with Gasteiger partial charge in [-0.2, -0.15) is 0 Å². The van der Waals surface area contributed by atoms with Crippen molar-refractivity contribution in [1.29, 1.82) is 0 Å². The number of benzene rings is 2. The van der Waals surface area contributed by atoms with Gasteiger partial charge in [-0.25, -0.2) is 0 Å². The van der Waals surface area contributed by atoms with Crippen LogP contribution < -0.4 is 0 Å². The Hall–Kier alpha value is -2.25. The molecule has 0 fully saturated rings. The molecular formula is C70H120N2Ni. The van der Waals surface area contributed by atoms with Crippen LogP contribution in [0.5, 0.6) is 0 Å². The second-order valence-corrected chi connectivity index (χ2v) is 22.3.